The first-order valence-corrected chi connectivity index (χ1v) is 10.1. The molecular formula is C12H25N2O6PS. The van der Waals surface area contributed by atoms with Crippen molar-refractivity contribution in [1.82, 2.24) is 10.4 Å². The van der Waals surface area contributed by atoms with Gasteiger partial charge in [0.05, 0.1) is 6.61 Å². The summed E-state index contributed by atoms with van der Waals surface area (Å²) in [6.07, 6.45) is -0.564. The molecule has 0 aliphatic rings. The Balaban J connectivity index is 4.28. The smallest absolute Gasteiger partial charge is 0.407 e. The minimum absolute atomic E-state index is 0.184. The van der Waals surface area contributed by atoms with Gasteiger partial charge in [-0.05, 0) is 34.6 Å². The Morgan fingerprint density at radius 2 is 1.95 bits per heavy atom. The first kappa shape index (κ1) is 21.2. The molecule has 10 heteroatoms. The van der Waals surface area contributed by atoms with Crippen LogP contribution in [0.25, 0.3) is 0 Å². The summed E-state index contributed by atoms with van der Waals surface area (Å²) < 4.78 is 22.6. The maximum Gasteiger partial charge on any atom is 0.407 e. The summed E-state index contributed by atoms with van der Waals surface area (Å²) in [4.78, 5) is 22.3. The summed E-state index contributed by atoms with van der Waals surface area (Å²) >= 11 is 0.943. The molecule has 0 rings (SSSR count). The third-order valence-corrected chi connectivity index (χ3v) is 6.28. The van der Waals surface area contributed by atoms with E-state index in [1.807, 2.05) is 0 Å². The van der Waals surface area contributed by atoms with Crippen LogP contribution in [0, 0.1) is 0 Å². The van der Waals surface area contributed by atoms with Gasteiger partial charge in [0.15, 0.2) is 0 Å². The Morgan fingerprint density at radius 1 is 1.36 bits per heavy atom. The molecule has 22 heavy (non-hydrogen) atoms. The molecule has 0 saturated carbocycles. The molecule has 0 saturated heterocycles. The minimum Gasteiger partial charge on any atom is -0.480 e. The Bertz CT molecular complexity index is 426. The summed E-state index contributed by atoms with van der Waals surface area (Å²) in [5, 5.41) is 13.8. The van der Waals surface area contributed by atoms with Gasteiger partial charge in [-0.1, -0.05) is 11.4 Å². The zero-order chi connectivity index (χ0) is 17.4. The van der Waals surface area contributed by atoms with Crippen LogP contribution in [0.5, 0.6) is 0 Å². The first-order chi connectivity index (χ1) is 9.99. The molecule has 0 aliphatic carbocycles. The van der Waals surface area contributed by atoms with Crippen molar-refractivity contribution >= 4 is 30.2 Å². The molecule has 0 aromatic heterocycles. The lowest BCUT2D eigenvalue weighted by molar-refractivity contribution is -0.138. The monoisotopic (exact) mass is 356 g/mol. The second-order valence-corrected chi connectivity index (χ2v) is 9.76. The molecule has 3 N–H and O–H groups in total. The fourth-order valence-electron chi connectivity index (χ4n) is 1.21. The number of alkyl carbamates (subject to hydrolysis) is 1. The maximum atomic E-state index is 12.4. The van der Waals surface area contributed by atoms with Crippen LogP contribution in [0.3, 0.4) is 0 Å². The van der Waals surface area contributed by atoms with Gasteiger partial charge in [0, 0.05) is 12.3 Å². The third-order valence-electron chi connectivity index (χ3n) is 2.05. The molecule has 0 aromatic rings. The van der Waals surface area contributed by atoms with Crippen molar-refractivity contribution in [2.45, 2.75) is 46.3 Å². The van der Waals surface area contributed by atoms with E-state index in [1.165, 1.54) is 6.92 Å². The highest BCUT2D eigenvalue weighted by atomic mass is 32.7. The fraction of sp³-hybridized carbons (Fsp3) is 0.833. The van der Waals surface area contributed by atoms with Crippen LogP contribution in [0.4, 0.5) is 4.79 Å². The first-order valence-electron chi connectivity index (χ1n) is 6.85. The number of carboxylic acid groups (broad SMARTS) is 1. The van der Waals surface area contributed by atoms with E-state index >= 15 is 0 Å². The zero-order valence-electron chi connectivity index (χ0n) is 13.5. The van der Waals surface area contributed by atoms with E-state index in [2.05, 4.69) is 10.4 Å². The molecule has 130 valence electrons. The summed E-state index contributed by atoms with van der Waals surface area (Å²) in [6, 6.07) is -0.997. The number of carboxylic acids is 1. The summed E-state index contributed by atoms with van der Waals surface area (Å²) in [5.41, 5.74) is -0.587. The minimum atomic E-state index is -3.34. The number of ether oxygens (including phenoxy) is 1. The van der Waals surface area contributed by atoms with E-state index in [0.717, 1.165) is 11.4 Å². The highest BCUT2D eigenvalue weighted by Gasteiger charge is 2.28. The molecule has 1 amide bonds. The largest absolute Gasteiger partial charge is 0.480 e. The van der Waals surface area contributed by atoms with Crippen molar-refractivity contribution in [1.29, 1.82) is 0 Å². The average molecular weight is 356 g/mol. The summed E-state index contributed by atoms with van der Waals surface area (Å²) in [6.45, 7) is 5.37. The lowest BCUT2D eigenvalue weighted by Gasteiger charge is -2.21. The van der Waals surface area contributed by atoms with E-state index in [1.54, 1.807) is 27.7 Å². The normalized spacial score (nSPS) is 15.7. The summed E-state index contributed by atoms with van der Waals surface area (Å²) in [5.74, 6) is -0.831. The van der Waals surface area contributed by atoms with Crippen LogP contribution >= 0.6 is 18.1 Å². The molecule has 0 aromatic carbocycles. The average Bonchev–Trinajstić information content (AvgIpc) is 2.32. The predicted molar refractivity (Wildman–Crippen MR) is 86.2 cm³/mol. The molecule has 0 bridgehead atoms. The van der Waals surface area contributed by atoms with E-state index in [-0.39, 0.29) is 18.9 Å². The van der Waals surface area contributed by atoms with Gasteiger partial charge in [-0.15, -0.1) is 0 Å². The SMILES string of the molecule is CCO[P@@](=O)(NC(C)C(=O)O)SCCNC(=O)OC(C)(C)C. The van der Waals surface area contributed by atoms with Gasteiger partial charge in [-0.2, -0.15) is 0 Å². The number of carbonyl (C=O) groups excluding carboxylic acids is 1. The van der Waals surface area contributed by atoms with E-state index < -0.39 is 30.4 Å². The van der Waals surface area contributed by atoms with Gasteiger partial charge in [0.2, 0.25) is 0 Å². The quantitative estimate of drug-likeness (QED) is 0.426. The van der Waals surface area contributed by atoms with Gasteiger partial charge < -0.3 is 19.7 Å². The second kappa shape index (κ2) is 9.39. The lowest BCUT2D eigenvalue weighted by Crippen LogP contribution is -2.34. The number of carbonyl (C=O) groups is 2. The number of hydrogen-bond acceptors (Lipinski definition) is 6. The van der Waals surface area contributed by atoms with Gasteiger partial charge in [-0.25, -0.2) is 9.88 Å². The van der Waals surface area contributed by atoms with Crippen LogP contribution < -0.4 is 10.4 Å². The standard InChI is InChI=1S/C12H25N2O6PS/c1-6-19-21(18,14-9(2)10(15)16)22-8-7-13-11(17)20-12(3,4)5/h9H,6-8H2,1-5H3,(H,13,17)(H,14,18)(H,15,16)/t9?,21-/m0/s1. The Labute approximate surface area is 135 Å². The summed E-state index contributed by atoms with van der Waals surface area (Å²) in [7, 11) is 0. The van der Waals surface area contributed by atoms with Crippen molar-refractivity contribution in [3.63, 3.8) is 0 Å². The molecule has 0 radical (unpaired) electrons. The van der Waals surface area contributed by atoms with Crippen molar-refractivity contribution in [3.05, 3.63) is 0 Å². The molecule has 1 unspecified atom stereocenters. The molecular weight excluding hydrogens is 331 g/mol. The molecule has 0 fully saturated rings. The number of rotatable bonds is 9. The van der Waals surface area contributed by atoms with Crippen molar-refractivity contribution in [3.8, 4) is 0 Å². The van der Waals surface area contributed by atoms with Crippen molar-refractivity contribution in [2.24, 2.45) is 0 Å². The number of amides is 1. The highest BCUT2D eigenvalue weighted by Crippen LogP contribution is 2.55. The predicted octanol–water partition coefficient (Wildman–Crippen LogP) is 2.45. The number of hydrogen-bond donors (Lipinski definition) is 3. The topological polar surface area (TPSA) is 114 Å². The maximum absolute atomic E-state index is 12.4. The second-order valence-electron chi connectivity index (χ2n) is 5.37. The van der Waals surface area contributed by atoms with Crippen LogP contribution in [0.2, 0.25) is 0 Å². The van der Waals surface area contributed by atoms with E-state index in [0.29, 0.717) is 0 Å². The van der Waals surface area contributed by atoms with Gasteiger partial charge in [0.25, 0.3) is 0 Å². The van der Waals surface area contributed by atoms with Gasteiger partial charge >= 0.3 is 18.8 Å². The molecule has 8 nitrogen and oxygen atoms in total. The third kappa shape index (κ3) is 10.0. The van der Waals surface area contributed by atoms with Crippen LogP contribution in [0.15, 0.2) is 0 Å². The van der Waals surface area contributed by atoms with Crippen LogP contribution in [0.1, 0.15) is 34.6 Å². The fourth-order valence-corrected chi connectivity index (χ4v) is 5.02. The molecule has 0 aliphatic heterocycles. The molecule has 2 atom stereocenters. The zero-order valence-corrected chi connectivity index (χ0v) is 15.3. The lowest BCUT2D eigenvalue weighted by atomic mass is 10.2. The molecule has 0 spiro atoms. The van der Waals surface area contributed by atoms with Gasteiger partial charge in [-0.3, -0.25) is 9.36 Å². The highest BCUT2D eigenvalue weighted by molar-refractivity contribution is 8.56. The van der Waals surface area contributed by atoms with Crippen molar-refractivity contribution in [2.75, 3.05) is 18.9 Å². The van der Waals surface area contributed by atoms with E-state index in [4.69, 9.17) is 14.4 Å². The van der Waals surface area contributed by atoms with E-state index in [9.17, 15) is 14.2 Å². The Kier molecular flexibility index (Phi) is 9.07. The van der Waals surface area contributed by atoms with Crippen LogP contribution in [-0.4, -0.2) is 47.7 Å². The van der Waals surface area contributed by atoms with Crippen LogP contribution in [-0.2, 0) is 18.6 Å². The van der Waals surface area contributed by atoms with Crippen molar-refractivity contribution < 1.29 is 28.5 Å². The Morgan fingerprint density at radius 3 is 2.41 bits per heavy atom. The number of aliphatic carboxylic acids is 1. The Hall–Kier alpha value is -0.760. The molecule has 0 heterocycles. The van der Waals surface area contributed by atoms with Gasteiger partial charge in [0.1, 0.15) is 11.6 Å². The number of nitrogens with one attached hydrogen (secondary N) is 2.